The van der Waals surface area contributed by atoms with Gasteiger partial charge in [0.05, 0.1) is 23.9 Å². The predicted octanol–water partition coefficient (Wildman–Crippen LogP) is 4.04. The average Bonchev–Trinajstić information content (AvgIpc) is 3.36. The standard InChI is InChI=1S/C33H52O9/c1-17-14-33(42-29(17,2)3)32(6,39)28-23(41-33)13-20-19-11-10-18-12-21(34)24(40-26(38)9-7-8-25(36)37)16-30(18,4)27(19)22(35)15-31(20,28)5/h17-24,27-28,34-35,39H,7-16H2,1-6H3,(H,36,37)/t17-,18-,19-,20-,21-,22-,23-,24+,27+,28-,30-,31-,32+,33+/m0/s1. The van der Waals surface area contributed by atoms with Gasteiger partial charge in [0.2, 0.25) is 0 Å². The number of fused-ring (bicyclic) bond motifs is 7. The molecule has 2 saturated heterocycles. The number of carbonyl (C=O) groups is 2. The van der Waals surface area contributed by atoms with E-state index in [2.05, 4.69) is 34.6 Å². The van der Waals surface area contributed by atoms with Crippen molar-refractivity contribution in [1.82, 2.24) is 0 Å². The van der Waals surface area contributed by atoms with Crippen molar-refractivity contribution in [2.45, 2.75) is 147 Å². The zero-order chi connectivity index (χ0) is 30.6. The molecule has 2 heterocycles. The van der Waals surface area contributed by atoms with Gasteiger partial charge in [-0.15, -0.1) is 0 Å². The van der Waals surface area contributed by atoms with Crippen LogP contribution in [0.25, 0.3) is 0 Å². The highest BCUT2D eigenvalue weighted by Crippen LogP contribution is 2.73. The van der Waals surface area contributed by atoms with Crippen LogP contribution in [0.4, 0.5) is 0 Å². The molecular formula is C33H52O9. The number of aliphatic carboxylic acids is 1. The van der Waals surface area contributed by atoms with Gasteiger partial charge in [0.1, 0.15) is 11.7 Å². The van der Waals surface area contributed by atoms with Crippen molar-refractivity contribution in [3.8, 4) is 0 Å². The predicted molar refractivity (Wildman–Crippen MR) is 152 cm³/mol. The van der Waals surface area contributed by atoms with Crippen LogP contribution in [-0.2, 0) is 23.8 Å². The van der Waals surface area contributed by atoms with Gasteiger partial charge in [-0.3, -0.25) is 9.59 Å². The van der Waals surface area contributed by atoms with Gasteiger partial charge in [0, 0.05) is 25.2 Å². The summed E-state index contributed by atoms with van der Waals surface area (Å²) in [6.45, 7) is 12.7. The second-order valence-corrected chi connectivity index (χ2v) is 16.2. The molecule has 6 fully saturated rings. The van der Waals surface area contributed by atoms with E-state index in [9.17, 15) is 24.9 Å². The van der Waals surface area contributed by atoms with Crippen LogP contribution in [0.2, 0.25) is 0 Å². The number of carbonyl (C=O) groups excluding carboxylic acids is 1. The highest BCUT2D eigenvalue weighted by molar-refractivity contribution is 5.71. The smallest absolute Gasteiger partial charge is 0.306 e. The summed E-state index contributed by atoms with van der Waals surface area (Å²) in [5, 5.41) is 44.2. The molecule has 4 aliphatic carbocycles. The molecule has 0 radical (unpaired) electrons. The lowest BCUT2D eigenvalue weighted by Gasteiger charge is -2.63. The Kier molecular flexibility index (Phi) is 7.23. The van der Waals surface area contributed by atoms with Crippen LogP contribution in [-0.4, -0.2) is 73.8 Å². The van der Waals surface area contributed by atoms with E-state index in [0.29, 0.717) is 25.7 Å². The largest absolute Gasteiger partial charge is 0.481 e. The number of aliphatic hydroxyl groups is 3. The van der Waals surface area contributed by atoms with Crippen LogP contribution in [0.5, 0.6) is 0 Å². The van der Waals surface area contributed by atoms with Gasteiger partial charge in [-0.2, -0.15) is 0 Å². The minimum absolute atomic E-state index is 0.00513. The number of hydrogen-bond donors (Lipinski definition) is 4. The number of aliphatic hydroxyl groups excluding tert-OH is 2. The summed E-state index contributed by atoms with van der Waals surface area (Å²) >= 11 is 0. The van der Waals surface area contributed by atoms with Crippen LogP contribution < -0.4 is 0 Å². The summed E-state index contributed by atoms with van der Waals surface area (Å²) in [6, 6.07) is 0. The minimum atomic E-state index is -1.19. The first-order chi connectivity index (χ1) is 19.4. The second kappa shape index (κ2) is 9.87. The third-order valence-corrected chi connectivity index (χ3v) is 13.6. The molecule has 0 aromatic heterocycles. The lowest BCUT2D eigenvalue weighted by Crippen LogP contribution is -2.63. The Labute approximate surface area is 249 Å². The van der Waals surface area contributed by atoms with E-state index in [4.69, 9.17) is 19.3 Å². The highest BCUT2D eigenvalue weighted by atomic mass is 16.7. The summed E-state index contributed by atoms with van der Waals surface area (Å²) in [5.74, 6) is -1.64. The normalized spacial score (nSPS) is 54.1. The zero-order valence-electron chi connectivity index (χ0n) is 26.2. The van der Waals surface area contributed by atoms with Crippen LogP contribution >= 0.6 is 0 Å². The summed E-state index contributed by atoms with van der Waals surface area (Å²) in [7, 11) is 0. The van der Waals surface area contributed by atoms with E-state index < -0.39 is 47.2 Å². The molecule has 238 valence electrons. The van der Waals surface area contributed by atoms with Gasteiger partial charge in [0.15, 0.2) is 5.79 Å². The maximum absolute atomic E-state index is 12.6. The molecule has 4 saturated carbocycles. The first-order valence-corrected chi connectivity index (χ1v) is 16.3. The molecular weight excluding hydrogens is 540 g/mol. The van der Waals surface area contributed by atoms with Crippen LogP contribution in [0, 0.1) is 46.3 Å². The topological polar surface area (TPSA) is 143 Å². The van der Waals surface area contributed by atoms with E-state index in [0.717, 1.165) is 19.3 Å². The fourth-order valence-corrected chi connectivity index (χ4v) is 11.4. The molecule has 1 spiro atoms. The molecule has 14 atom stereocenters. The summed E-state index contributed by atoms with van der Waals surface area (Å²) in [6.07, 6.45) is 2.92. The lowest BCUT2D eigenvalue weighted by molar-refractivity contribution is -0.300. The van der Waals surface area contributed by atoms with E-state index >= 15 is 0 Å². The Morgan fingerprint density at radius 2 is 1.64 bits per heavy atom. The monoisotopic (exact) mass is 592 g/mol. The molecule has 0 bridgehead atoms. The van der Waals surface area contributed by atoms with Gasteiger partial charge in [-0.25, -0.2) is 0 Å². The molecule has 6 aliphatic rings. The minimum Gasteiger partial charge on any atom is -0.481 e. The van der Waals surface area contributed by atoms with Gasteiger partial charge >= 0.3 is 11.9 Å². The average molecular weight is 593 g/mol. The molecule has 0 unspecified atom stereocenters. The van der Waals surface area contributed by atoms with E-state index in [1.54, 1.807) is 0 Å². The number of carboxylic acid groups (broad SMARTS) is 1. The molecule has 9 heteroatoms. The molecule has 0 aromatic carbocycles. The maximum Gasteiger partial charge on any atom is 0.306 e. The molecule has 0 amide bonds. The number of hydrogen-bond acceptors (Lipinski definition) is 8. The SMILES string of the molecule is C[C@H]1C[C@@]2(O[C@H]3C[C@H]4[C@@H]5CC[C@H]6C[C@H](O)[C@H](OC(=O)CCCC(=O)O)C[C@]6(C)[C@H]5[C@@H](O)C[C@]4(C)[C@H]3[C@@]2(C)O)OC1(C)C. The molecule has 42 heavy (non-hydrogen) atoms. The zero-order valence-corrected chi connectivity index (χ0v) is 26.2. The van der Waals surface area contributed by atoms with Gasteiger partial charge < -0.3 is 34.6 Å². The van der Waals surface area contributed by atoms with E-state index in [1.807, 2.05) is 6.92 Å². The molecule has 4 N–H and O–H groups in total. The Bertz CT molecular complexity index is 1110. The Morgan fingerprint density at radius 1 is 0.929 bits per heavy atom. The Hall–Kier alpha value is -1.26. The third-order valence-electron chi connectivity index (χ3n) is 13.6. The highest BCUT2D eigenvalue weighted by Gasteiger charge is 2.77. The number of esters is 1. The van der Waals surface area contributed by atoms with Gasteiger partial charge in [0.25, 0.3) is 0 Å². The van der Waals surface area contributed by atoms with Crippen LogP contribution in [0.15, 0.2) is 0 Å². The lowest BCUT2D eigenvalue weighted by atomic mass is 9.43. The summed E-state index contributed by atoms with van der Waals surface area (Å²) in [5.41, 5.74) is -2.21. The maximum atomic E-state index is 12.6. The third kappa shape index (κ3) is 4.34. The molecule has 0 aromatic rings. The summed E-state index contributed by atoms with van der Waals surface area (Å²) in [4.78, 5) is 23.4. The van der Waals surface area contributed by atoms with E-state index in [-0.39, 0.29) is 71.7 Å². The van der Waals surface area contributed by atoms with Crippen molar-refractivity contribution in [1.29, 1.82) is 0 Å². The van der Waals surface area contributed by atoms with E-state index in [1.165, 1.54) is 0 Å². The number of rotatable bonds is 5. The van der Waals surface area contributed by atoms with Crippen LogP contribution in [0.3, 0.4) is 0 Å². The van der Waals surface area contributed by atoms with Crippen molar-refractivity contribution >= 4 is 11.9 Å². The first kappa shape index (κ1) is 30.8. The molecule has 9 nitrogen and oxygen atoms in total. The van der Waals surface area contributed by atoms with Crippen LogP contribution in [0.1, 0.15) is 106 Å². The fourth-order valence-electron chi connectivity index (χ4n) is 11.4. The van der Waals surface area contributed by atoms with Crippen molar-refractivity contribution in [2.75, 3.05) is 0 Å². The van der Waals surface area contributed by atoms with Crippen molar-refractivity contribution in [3.05, 3.63) is 0 Å². The van der Waals surface area contributed by atoms with Gasteiger partial charge in [-0.1, -0.05) is 20.8 Å². The molecule has 6 rings (SSSR count). The quantitative estimate of drug-likeness (QED) is 0.348. The first-order valence-electron chi connectivity index (χ1n) is 16.3. The fraction of sp³-hybridized carbons (Fsp3) is 0.939. The second-order valence-electron chi connectivity index (χ2n) is 16.2. The van der Waals surface area contributed by atoms with Gasteiger partial charge in [-0.05, 0) is 106 Å². The number of carboxylic acids is 1. The van der Waals surface area contributed by atoms with Crippen molar-refractivity contribution < 1.29 is 44.2 Å². The summed E-state index contributed by atoms with van der Waals surface area (Å²) < 4.78 is 19.1. The number of ether oxygens (including phenoxy) is 3. The Morgan fingerprint density at radius 3 is 2.29 bits per heavy atom. The van der Waals surface area contributed by atoms with Crippen molar-refractivity contribution in [3.63, 3.8) is 0 Å². The molecule has 2 aliphatic heterocycles. The van der Waals surface area contributed by atoms with Crippen molar-refractivity contribution in [2.24, 2.45) is 46.3 Å². The Balaban J connectivity index is 1.23.